The van der Waals surface area contributed by atoms with Gasteiger partial charge in [-0.2, -0.15) is 0 Å². The minimum Gasteiger partial charge on any atom is -0.299 e. The van der Waals surface area contributed by atoms with E-state index in [4.69, 9.17) is 0 Å². The van der Waals surface area contributed by atoms with Gasteiger partial charge in [0.25, 0.3) is 0 Å². The topological polar surface area (TPSA) is 92.3 Å². The van der Waals surface area contributed by atoms with Gasteiger partial charge in [-0.1, -0.05) is 49.1 Å². The second-order valence-corrected chi connectivity index (χ2v) is 10.7. The van der Waals surface area contributed by atoms with Gasteiger partial charge in [0, 0.05) is 5.75 Å². The summed E-state index contributed by atoms with van der Waals surface area (Å²) in [7, 11) is -3.65. The monoisotopic (exact) mass is 428 g/mol. The normalized spacial score (nSPS) is 12.8. The molecule has 7 nitrogen and oxygen atoms in total. The van der Waals surface area contributed by atoms with Gasteiger partial charge in [-0.15, -0.1) is 10.2 Å². The Hall–Kier alpha value is -1.65. The lowest BCUT2D eigenvalue weighted by molar-refractivity contribution is -0.116. The van der Waals surface area contributed by atoms with E-state index in [1.54, 1.807) is 36.9 Å². The molecule has 2 rings (SSSR count). The number of thioether (sulfide) groups is 1. The lowest BCUT2D eigenvalue weighted by Crippen LogP contribution is -2.45. The molecular weight excluding hydrogens is 404 g/mol. The SMILES string of the molecule is Cc1cccc(N(C(C)C(=O)Nc2nnc(SCC(C)C)s2)S(C)(=O)=O)c1. The second kappa shape index (κ2) is 9.03. The van der Waals surface area contributed by atoms with Crippen LogP contribution in [0.15, 0.2) is 28.6 Å². The van der Waals surface area contributed by atoms with Crippen LogP contribution in [0.1, 0.15) is 26.3 Å². The summed E-state index contributed by atoms with van der Waals surface area (Å²) in [5.41, 5.74) is 1.36. The van der Waals surface area contributed by atoms with Crippen LogP contribution in [0, 0.1) is 12.8 Å². The van der Waals surface area contributed by atoms with Gasteiger partial charge in [0.15, 0.2) is 4.34 Å². The Morgan fingerprint density at radius 1 is 1.30 bits per heavy atom. The van der Waals surface area contributed by atoms with Crippen LogP contribution >= 0.6 is 23.1 Å². The highest BCUT2D eigenvalue weighted by atomic mass is 32.2. The highest BCUT2D eigenvalue weighted by Gasteiger charge is 2.29. The number of carbonyl (C=O) groups excluding carboxylic acids is 1. The largest absolute Gasteiger partial charge is 0.299 e. The number of hydrogen-bond donors (Lipinski definition) is 1. The molecule has 0 spiro atoms. The minimum atomic E-state index is -3.65. The van der Waals surface area contributed by atoms with Crippen molar-refractivity contribution >= 4 is 49.8 Å². The van der Waals surface area contributed by atoms with E-state index in [0.717, 1.165) is 26.2 Å². The van der Waals surface area contributed by atoms with Crippen molar-refractivity contribution in [2.45, 2.75) is 38.1 Å². The van der Waals surface area contributed by atoms with Gasteiger partial charge >= 0.3 is 0 Å². The molecule has 148 valence electrons. The van der Waals surface area contributed by atoms with E-state index in [-0.39, 0.29) is 0 Å². The molecular formula is C17H24N4O3S3. The summed E-state index contributed by atoms with van der Waals surface area (Å²) in [6.45, 7) is 7.65. The molecule has 0 aliphatic carbocycles. The number of nitrogens with one attached hydrogen (secondary N) is 1. The fraction of sp³-hybridized carbons (Fsp3) is 0.471. The molecule has 1 N–H and O–H groups in total. The minimum absolute atomic E-state index is 0.357. The predicted octanol–water partition coefficient (Wildman–Crippen LogP) is 3.39. The average Bonchev–Trinajstić information content (AvgIpc) is 2.99. The van der Waals surface area contributed by atoms with Crippen LogP contribution in [0.4, 0.5) is 10.8 Å². The van der Waals surface area contributed by atoms with Crippen LogP contribution in [-0.4, -0.2) is 42.6 Å². The van der Waals surface area contributed by atoms with Gasteiger partial charge in [-0.3, -0.25) is 14.4 Å². The van der Waals surface area contributed by atoms with Gasteiger partial charge in [0.2, 0.25) is 21.1 Å². The molecule has 0 saturated carbocycles. The van der Waals surface area contributed by atoms with E-state index in [1.165, 1.54) is 11.3 Å². The third-order valence-corrected chi connectivity index (χ3v) is 7.16. The van der Waals surface area contributed by atoms with Crippen molar-refractivity contribution in [3.8, 4) is 0 Å². The van der Waals surface area contributed by atoms with Crippen LogP contribution in [-0.2, 0) is 14.8 Å². The van der Waals surface area contributed by atoms with Crippen LogP contribution in [0.3, 0.4) is 0 Å². The molecule has 0 fully saturated rings. The molecule has 1 aromatic carbocycles. The van der Waals surface area contributed by atoms with E-state index >= 15 is 0 Å². The average molecular weight is 429 g/mol. The Bertz CT molecular complexity index is 896. The molecule has 27 heavy (non-hydrogen) atoms. The fourth-order valence-corrected chi connectivity index (χ4v) is 5.24. The lowest BCUT2D eigenvalue weighted by atomic mass is 10.2. The second-order valence-electron chi connectivity index (χ2n) is 6.64. The van der Waals surface area contributed by atoms with Crippen LogP contribution in [0.25, 0.3) is 0 Å². The highest BCUT2D eigenvalue weighted by Crippen LogP contribution is 2.28. The van der Waals surface area contributed by atoms with Crippen LogP contribution in [0.5, 0.6) is 0 Å². The standard InChI is InChI=1S/C17H24N4O3S3/c1-11(2)10-25-17-20-19-16(26-17)18-15(22)13(4)21(27(5,23)24)14-8-6-7-12(3)9-14/h6-9,11,13H,10H2,1-5H3,(H,18,19,22). The molecule has 0 radical (unpaired) electrons. The summed E-state index contributed by atoms with van der Waals surface area (Å²) < 4.78 is 26.5. The van der Waals surface area contributed by atoms with Crippen molar-refractivity contribution in [2.75, 3.05) is 21.6 Å². The quantitative estimate of drug-likeness (QED) is 0.512. The van der Waals surface area contributed by atoms with Gasteiger partial charge in [-0.05, 0) is 37.5 Å². The maximum atomic E-state index is 12.6. The zero-order valence-electron chi connectivity index (χ0n) is 16.0. The summed E-state index contributed by atoms with van der Waals surface area (Å²) in [6, 6.07) is 6.10. The number of aryl methyl sites for hydroxylation is 1. The first-order chi connectivity index (χ1) is 12.6. The number of carbonyl (C=O) groups is 1. The van der Waals surface area contributed by atoms with E-state index in [9.17, 15) is 13.2 Å². The van der Waals surface area contributed by atoms with Gasteiger partial charge < -0.3 is 0 Å². The Morgan fingerprint density at radius 2 is 2.00 bits per heavy atom. The smallest absolute Gasteiger partial charge is 0.249 e. The first-order valence-electron chi connectivity index (χ1n) is 8.41. The number of benzene rings is 1. The first-order valence-corrected chi connectivity index (χ1v) is 12.1. The zero-order chi connectivity index (χ0) is 20.2. The summed E-state index contributed by atoms with van der Waals surface area (Å²) in [5.74, 6) is 0.974. The molecule has 10 heteroatoms. The Kier molecular flexibility index (Phi) is 7.24. The van der Waals surface area contributed by atoms with Crippen molar-refractivity contribution in [2.24, 2.45) is 5.92 Å². The number of anilines is 2. The number of aromatic nitrogens is 2. The fourth-order valence-electron chi connectivity index (χ4n) is 2.34. The summed E-state index contributed by atoms with van der Waals surface area (Å²) >= 11 is 2.86. The predicted molar refractivity (Wildman–Crippen MR) is 112 cm³/mol. The maximum Gasteiger partial charge on any atom is 0.249 e. The molecule has 1 atom stereocenters. The molecule has 0 aliphatic rings. The molecule has 2 aromatic rings. The maximum absolute atomic E-state index is 12.6. The van der Waals surface area contributed by atoms with E-state index in [2.05, 4.69) is 29.4 Å². The van der Waals surface area contributed by atoms with Crippen molar-refractivity contribution in [1.29, 1.82) is 0 Å². The van der Waals surface area contributed by atoms with Crippen molar-refractivity contribution in [3.63, 3.8) is 0 Å². The molecule has 1 unspecified atom stereocenters. The molecule has 1 heterocycles. The van der Waals surface area contributed by atoms with Gasteiger partial charge in [0.1, 0.15) is 6.04 Å². The van der Waals surface area contributed by atoms with E-state index in [0.29, 0.717) is 16.7 Å². The van der Waals surface area contributed by atoms with Crippen molar-refractivity contribution in [1.82, 2.24) is 10.2 Å². The van der Waals surface area contributed by atoms with Crippen molar-refractivity contribution in [3.05, 3.63) is 29.8 Å². The summed E-state index contributed by atoms with van der Waals surface area (Å²) in [4.78, 5) is 12.6. The molecule has 0 saturated heterocycles. The Morgan fingerprint density at radius 3 is 2.59 bits per heavy atom. The van der Waals surface area contributed by atoms with Crippen LogP contribution < -0.4 is 9.62 Å². The highest BCUT2D eigenvalue weighted by molar-refractivity contribution is 8.01. The van der Waals surface area contributed by atoms with Gasteiger partial charge in [-0.25, -0.2) is 8.42 Å². The Balaban J connectivity index is 2.16. The third-order valence-electron chi connectivity index (χ3n) is 3.52. The van der Waals surface area contributed by atoms with Crippen LogP contribution in [0.2, 0.25) is 0 Å². The molecule has 0 aliphatic heterocycles. The zero-order valence-corrected chi connectivity index (χ0v) is 18.4. The van der Waals surface area contributed by atoms with Gasteiger partial charge in [0.05, 0.1) is 11.9 Å². The number of nitrogens with zero attached hydrogens (tertiary/aromatic N) is 3. The molecule has 1 amide bonds. The molecule has 0 bridgehead atoms. The molecule has 1 aromatic heterocycles. The first kappa shape index (κ1) is 21.6. The van der Waals surface area contributed by atoms with E-state index in [1.807, 2.05) is 13.0 Å². The summed E-state index contributed by atoms with van der Waals surface area (Å²) in [5, 5.41) is 11.1. The van der Waals surface area contributed by atoms with E-state index < -0.39 is 22.0 Å². The number of rotatable bonds is 8. The summed E-state index contributed by atoms with van der Waals surface area (Å²) in [6.07, 6.45) is 1.09. The number of sulfonamides is 1. The number of amides is 1. The lowest BCUT2D eigenvalue weighted by Gasteiger charge is -2.28. The number of hydrogen-bond acceptors (Lipinski definition) is 7. The third kappa shape index (κ3) is 6.18. The van der Waals surface area contributed by atoms with Crippen molar-refractivity contribution < 1.29 is 13.2 Å². The Labute approximate surface area is 168 Å².